The van der Waals surface area contributed by atoms with Crippen molar-refractivity contribution in [1.82, 2.24) is 15.9 Å². The van der Waals surface area contributed by atoms with Crippen molar-refractivity contribution >= 4 is 11.6 Å². The van der Waals surface area contributed by atoms with Crippen molar-refractivity contribution in [2.45, 2.75) is 25.8 Å². The third-order valence-electron chi connectivity index (χ3n) is 4.85. The van der Waals surface area contributed by atoms with E-state index in [9.17, 15) is 14.3 Å². The quantitative estimate of drug-likeness (QED) is 0.713. The first-order valence-electron chi connectivity index (χ1n) is 8.61. The number of nitrogens with zero attached hydrogens (tertiary/aromatic N) is 2. The number of nitrogens with one attached hydrogen (secondary N) is 2. The van der Waals surface area contributed by atoms with E-state index in [0.717, 1.165) is 44.5 Å². The average Bonchev–Trinajstić information content (AvgIpc) is 2.99. The maximum atomic E-state index is 14.4. The number of anilines is 1. The number of methoxy groups -OCH3 is 1. The van der Waals surface area contributed by atoms with Crippen LogP contribution in [0.3, 0.4) is 0 Å². The van der Waals surface area contributed by atoms with E-state index in [1.807, 2.05) is 0 Å². The van der Waals surface area contributed by atoms with Crippen LogP contribution < -0.4 is 16.0 Å². The van der Waals surface area contributed by atoms with Crippen molar-refractivity contribution in [1.29, 1.82) is 0 Å². The van der Waals surface area contributed by atoms with Gasteiger partial charge in [-0.1, -0.05) is 0 Å². The van der Waals surface area contributed by atoms with E-state index < -0.39 is 5.82 Å². The van der Waals surface area contributed by atoms with Crippen LogP contribution in [0.5, 0.6) is 5.75 Å². The first kappa shape index (κ1) is 17.9. The number of phenols is 1. The molecule has 0 saturated carbocycles. The number of carbonyl (C=O) groups is 1. The highest BCUT2D eigenvalue weighted by molar-refractivity contribution is 5.84. The van der Waals surface area contributed by atoms with Gasteiger partial charge < -0.3 is 9.84 Å². The Balaban J connectivity index is 1.60. The predicted octanol–water partition coefficient (Wildman–Crippen LogP) is 1.14. The topological polar surface area (TPSA) is 77.1 Å². The molecule has 0 aliphatic carbocycles. The highest BCUT2D eigenvalue weighted by Gasteiger charge is 2.25. The standard InChI is InChI=1S/C17H25FN4O3/c1-25-7-4-12-2-5-21(6-3-12)10-13-8-14(18)17(15(23)9-13)22-11-16(24)19-20-22/h8-9,12,20,23H,2-7,10-11H2,1H3,(H,19,24). The molecule has 3 N–H and O–H groups in total. The summed E-state index contributed by atoms with van der Waals surface area (Å²) >= 11 is 0. The predicted molar refractivity (Wildman–Crippen MR) is 91.2 cm³/mol. The number of carbonyl (C=O) groups excluding carboxylic acids is 1. The first-order chi connectivity index (χ1) is 12.1. The molecule has 2 fully saturated rings. The van der Waals surface area contributed by atoms with Gasteiger partial charge in [0.15, 0.2) is 5.82 Å². The molecule has 2 aliphatic rings. The van der Waals surface area contributed by atoms with E-state index >= 15 is 0 Å². The van der Waals surface area contributed by atoms with Crippen LogP contribution in [0.2, 0.25) is 0 Å². The molecule has 25 heavy (non-hydrogen) atoms. The molecule has 1 amide bonds. The lowest BCUT2D eigenvalue weighted by Gasteiger charge is -2.32. The zero-order valence-electron chi connectivity index (χ0n) is 14.4. The van der Waals surface area contributed by atoms with Crippen molar-refractivity contribution in [3.8, 4) is 5.75 Å². The van der Waals surface area contributed by atoms with E-state index in [1.165, 1.54) is 11.1 Å². The number of aromatic hydroxyl groups is 1. The van der Waals surface area contributed by atoms with Crippen LogP contribution in [-0.4, -0.2) is 49.3 Å². The van der Waals surface area contributed by atoms with Crippen LogP contribution in [0.25, 0.3) is 0 Å². The summed E-state index contributed by atoms with van der Waals surface area (Å²) in [6, 6.07) is 3.00. The number of halogens is 1. The fourth-order valence-corrected chi connectivity index (χ4v) is 3.46. The van der Waals surface area contributed by atoms with Crippen LogP contribution in [0.4, 0.5) is 10.1 Å². The summed E-state index contributed by atoms with van der Waals surface area (Å²) in [6.45, 7) is 3.29. The Kier molecular flexibility index (Phi) is 5.72. The van der Waals surface area contributed by atoms with Gasteiger partial charge in [-0.05, 0) is 56.0 Å². The minimum Gasteiger partial charge on any atom is -0.506 e. The first-order valence-corrected chi connectivity index (χ1v) is 8.61. The Morgan fingerprint density at radius 3 is 2.72 bits per heavy atom. The molecule has 0 aromatic heterocycles. The largest absolute Gasteiger partial charge is 0.506 e. The minimum atomic E-state index is -0.547. The maximum absolute atomic E-state index is 14.4. The second-order valence-corrected chi connectivity index (χ2v) is 6.69. The normalized spacial score (nSPS) is 19.4. The molecule has 2 saturated heterocycles. The van der Waals surface area contributed by atoms with Gasteiger partial charge in [0.25, 0.3) is 5.91 Å². The number of amides is 1. The van der Waals surface area contributed by atoms with Gasteiger partial charge in [0.2, 0.25) is 0 Å². The Hall–Kier alpha value is -1.90. The number of rotatable bonds is 6. The molecule has 0 bridgehead atoms. The zero-order chi connectivity index (χ0) is 17.8. The third-order valence-corrected chi connectivity index (χ3v) is 4.85. The second kappa shape index (κ2) is 7.99. The fraction of sp³-hybridized carbons (Fsp3) is 0.588. The van der Waals surface area contributed by atoms with Crippen LogP contribution in [0, 0.1) is 11.7 Å². The molecule has 138 valence electrons. The maximum Gasteiger partial charge on any atom is 0.256 e. The molecule has 1 aromatic rings. The number of likely N-dealkylation sites (tertiary alicyclic amines) is 1. The van der Waals surface area contributed by atoms with Gasteiger partial charge in [-0.3, -0.25) is 20.1 Å². The number of benzene rings is 1. The summed E-state index contributed by atoms with van der Waals surface area (Å²) in [7, 11) is 1.73. The van der Waals surface area contributed by atoms with Crippen LogP contribution in [-0.2, 0) is 16.1 Å². The van der Waals surface area contributed by atoms with Gasteiger partial charge in [-0.2, -0.15) is 0 Å². The number of piperidine rings is 1. The van der Waals surface area contributed by atoms with E-state index in [1.54, 1.807) is 13.2 Å². The van der Waals surface area contributed by atoms with E-state index in [4.69, 9.17) is 4.74 Å². The molecule has 2 aliphatic heterocycles. The molecule has 0 atom stereocenters. The van der Waals surface area contributed by atoms with E-state index in [2.05, 4.69) is 15.9 Å². The lowest BCUT2D eigenvalue weighted by molar-refractivity contribution is -0.118. The number of hydrogen-bond donors (Lipinski definition) is 3. The molecular weight excluding hydrogens is 327 g/mol. The molecule has 2 heterocycles. The van der Waals surface area contributed by atoms with Gasteiger partial charge in [0, 0.05) is 20.3 Å². The van der Waals surface area contributed by atoms with Crippen LogP contribution >= 0.6 is 0 Å². The summed E-state index contributed by atoms with van der Waals surface area (Å²) in [5, 5.41) is 11.5. The number of phenolic OH excluding ortho intramolecular Hbond substituents is 1. The molecule has 0 unspecified atom stereocenters. The highest BCUT2D eigenvalue weighted by atomic mass is 19.1. The molecule has 3 rings (SSSR count). The lowest BCUT2D eigenvalue weighted by Crippen LogP contribution is -2.37. The zero-order valence-corrected chi connectivity index (χ0v) is 14.4. The number of ether oxygens (including phenoxy) is 1. The minimum absolute atomic E-state index is 0.0135. The van der Waals surface area contributed by atoms with Gasteiger partial charge in [-0.15, -0.1) is 5.53 Å². The lowest BCUT2D eigenvalue weighted by atomic mass is 9.93. The summed E-state index contributed by atoms with van der Waals surface area (Å²) < 4.78 is 19.6. The molecule has 0 radical (unpaired) electrons. The van der Waals surface area contributed by atoms with Crippen molar-refractivity contribution in [3.05, 3.63) is 23.5 Å². The monoisotopic (exact) mass is 352 g/mol. The number of hydrogen-bond acceptors (Lipinski definition) is 6. The van der Waals surface area contributed by atoms with E-state index in [0.29, 0.717) is 12.5 Å². The van der Waals surface area contributed by atoms with Gasteiger partial charge >= 0.3 is 0 Å². The third kappa shape index (κ3) is 4.39. The Bertz CT molecular complexity index is 597. The molecular formula is C17H25FN4O3. The van der Waals surface area contributed by atoms with Crippen LogP contribution in [0.15, 0.2) is 12.1 Å². The molecule has 0 spiro atoms. The summed E-state index contributed by atoms with van der Waals surface area (Å²) in [6.07, 6.45) is 3.31. The van der Waals surface area contributed by atoms with Crippen molar-refractivity contribution in [2.75, 3.05) is 38.4 Å². The van der Waals surface area contributed by atoms with E-state index in [-0.39, 0.29) is 23.9 Å². The fourth-order valence-electron chi connectivity index (χ4n) is 3.46. The van der Waals surface area contributed by atoms with Crippen molar-refractivity contribution in [2.24, 2.45) is 5.92 Å². The number of hydrazine groups is 2. The summed E-state index contributed by atoms with van der Waals surface area (Å²) in [5.41, 5.74) is 5.62. The van der Waals surface area contributed by atoms with Gasteiger partial charge in [-0.25, -0.2) is 4.39 Å². The SMILES string of the molecule is COCCC1CCN(Cc2cc(O)c(N3CC(=O)NN3)c(F)c2)CC1. The Morgan fingerprint density at radius 2 is 2.12 bits per heavy atom. The summed E-state index contributed by atoms with van der Waals surface area (Å²) in [5.74, 6) is -0.308. The van der Waals surface area contributed by atoms with Crippen molar-refractivity contribution < 1.29 is 19.0 Å². The van der Waals surface area contributed by atoms with Crippen LogP contribution in [0.1, 0.15) is 24.8 Å². The highest BCUT2D eigenvalue weighted by Crippen LogP contribution is 2.32. The van der Waals surface area contributed by atoms with Gasteiger partial charge in [0.1, 0.15) is 18.0 Å². The second-order valence-electron chi connectivity index (χ2n) is 6.69. The smallest absolute Gasteiger partial charge is 0.256 e. The molecule has 1 aromatic carbocycles. The van der Waals surface area contributed by atoms with Gasteiger partial charge in [0.05, 0.1) is 0 Å². The Morgan fingerprint density at radius 1 is 1.36 bits per heavy atom. The molecule has 7 nitrogen and oxygen atoms in total. The average molecular weight is 352 g/mol. The summed E-state index contributed by atoms with van der Waals surface area (Å²) in [4.78, 5) is 13.5. The Labute approximate surface area is 146 Å². The van der Waals surface area contributed by atoms with Crippen molar-refractivity contribution in [3.63, 3.8) is 0 Å². The molecule has 8 heteroatoms.